The van der Waals surface area contributed by atoms with E-state index in [0.717, 1.165) is 60.8 Å². The lowest BCUT2D eigenvalue weighted by atomic mass is 9.78. The van der Waals surface area contributed by atoms with Crippen LogP contribution in [0.5, 0.6) is 5.75 Å². The first-order chi connectivity index (χ1) is 12.2. The molecule has 0 unspecified atom stereocenters. The molecule has 4 heterocycles. The summed E-state index contributed by atoms with van der Waals surface area (Å²) in [6, 6.07) is 10.1. The first-order valence-corrected chi connectivity index (χ1v) is 9.91. The minimum atomic E-state index is 0.192. The predicted octanol–water partition coefficient (Wildman–Crippen LogP) is 3.52. The predicted molar refractivity (Wildman–Crippen MR) is 99.1 cm³/mol. The van der Waals surface area contributed by atoms with Crippen molar-refractivity contribution in [3.05, 3.63) is 40.8 Å². The van der Waals surface area contributed by atoms with Crippen LogP contribution < -0.4 is 10.1 Å². The molecule has 5 rings (SSSR count). The maximum atomic E-state index is 13.0. The van der Waals surface area contributed by atoms with E-state index in [-0.39, 0.29) is 5.91 Å². The summed E-state index contributed by atoms with van der Waals surface area (Å²) in [5.41, 5.74) is 2.70. The minimum absolute atomic E-state index is 0.192. The Morgan fingerprint density at radius 1 is 1.20 bits per heavy atom. The number of carbonyl (C=O) groups is 1. The highest BCUT2D eigenvalue weighted by Gasteiger charge is 2.38. The molecule has 1 aromatic heterocycles. The molecule has 4 nitrogen and oxygen atoms in total. The van der Waals surface area contributed by atoms with Gasteiger partial charge in [-0.15, -0.1) is 11.3 Å². The Morgan fingerprint density at radius 3 is 2.84 bits per heavy atom. The smallest absolute Gasteiger partial charge is 0.263 e. The van der Waals surface area contributed by atoms with Gasteiger partial charge >= 0.3 is 0 Å². The fourth-order valence-corrected chi connectivity index (χ4v) is 5.53. The average molecular weight is 354 g/mol. The largest absolute Gasteiger partial charge is 0.488 e. The van der Waals surface area contributed by atoms with Crippen molar-refractivity contribution in [3.63, 3.8) is 0 Å². The number of hydrogen-bond acceptors (Lipinski definition) is 4. The maximum Gasteiger partial charge on any atom is 0.263 e. The fraction of sp³-hybridized carbons (Fsp3) is 0.450. The number of nitrogens with one attached hydrogen (secondary N) is 1. The Balaban J connectivity index is 1.37. The second-order valence-electron chi connectivity index (χ2n) is 7.47. The van der Waals surface area contributed by atoms with Crippen molar-refractivity contribution >= 4 is 17.2 Å². The van der Waals surface area contributed by atoms with Crippen LogP contribution in [0.3, 0.4) is 0 Å². The Morgan fingerprint density at radius 2 is 2.04 bits per heavy atom. The van der Waals surface area contributed by atoms with Crippen molar-refractivity contribution in [2.75, 3.05) is 26.2 Å². The van der Waals surface area contributed by atoms with Crippen LogP contribution in [0, 0.1) is 5.41 Å². The summed E-state index contributed by atoms with van der Waals surface area (Å²) >= 11 is 1.62. The molecule has 5 heteroatoms. The number of nitrogens with zero attached hydrogens (tertiary/aromatic N) is 1. The fourth-order valence-electron chi connectivity index (χ4n) is 4.37. The zero-order valence-corrected chi connectivity index (χ0v) is 15.0. The molecule has 1 aromatic carbocycles. The van der Waals surface area contributed by atoms with Gasteiger partial charge in [-0.05, 0) is 49.4 Å². The lowest BCUT2D eigenvalue weighted by Crippen LogP contribution is -2.43. The van der Waals surface area contributed by atoms with Crippen molar-refractivity contribution in [3.8, 4) is 16.2 Å². The van der Waals surface area contributed by atoms with Gasteiger partial charge in [-0.2, -0.15) is 0 Å². The quantitative estimate of drug-likeness (QED) is 0.852. The standard InChI is InChI=1S/C20H22N2O2S/c23-19(22-9-6-20(7-10-22)5-8-21-13-20)17-11-14-12-24-16-4-2-1-3-15(16)18(14)25-17/h1-4,11,21H,5-10,12-13H2. The van der Waals surface area contributed by atoms with E-state index < -0.39 is 0 Å². The maximum absolute atomic E-state index is 13.0. The molecule has 0 radical (unpaired) electrons. The van der Waals surface area contributed by atoms with Crippen LogP contribution in [0.15, 0.2) is 30.3 Å². The number of amides is 1. The van der Waals surface area contributed by atoms with E-state index in [1.807, 2.05) is 29.2 Å². The van der Waals surface area contributed by atoms with Crippen molar-refractivity contribution in [2.45, 2.75) is 25.9 Å². The van der Waals surface area contributed by atoms with Gasteiger partial charge in [0.05, 0.1) is 4.88 Å². The third kappa shape index (κ3) is 2.57. The molecule has 0 atom stereocenters. The van der Waals surface area contributed by atoms with Crippen molar-refractivity contribution in [1.29, 1.82) is 0 Å². The Bertz CT molecular complexity index is 813. The Hall–Kier alpha value is -1.85. The van der Waals surface area contributed by atoms with Crippen LogP contribution in [0.1, 0.15) is 34.5 Å². The molecule has 1 amide bonds. The van der Waals surface area contributed by atoms with E-state index >= 15 is 0 Å². The first-order valence-electron chi connectivity index (χ1n) is 9.09. The normalized spacial score (nSPS) is 20.9. The molecule has 2 aromatic rings. The number of fused-ring (bicyclic) bond motifs is 3. The van der Waals surface area contributed by atoms with Gasteiger partial charge in [-0.25, -0.2) is 0 Å². The highest BCUT2D eigenvalue weighted by Crippen LogP contribution is 2.43. The van der Waals surface area contributed by atoms with Crippen LogP contribution in [0.25, 0.3) is 10.4 Å². The number of thiophene rings is 1. The van der Waals surface area contributed by atoms with Gasteiger partial charge in [0.15, 0.2) is 0 Å². The molecular weight excluding hydrogens is 332 g/mol. The molecule has 2 fully saturated rings. The molecule has 130 valence electrons. The number of carbonyl (C=O) groups excluding carboxylic acids is 1. The van der Waals surface area contributed by atoms with Crippen LogP contribution >= 0.6 is 11.3 Å². The molecule has 1 spiro atoms. The van der Waals surface area contributed by atoms with Crippen molar-refractivity contribution < 1.29 is 9.53 Å². The molecule has 25 heavy (non-hydrogen) atoms. The SMILES string of the molecule is O=C(c1cc2c(s1)-c1ccccc1OC2)N1CCC2(CCNC2)CC1. The second kappa shape index (κ2) is 5.85. The minimum Gasteiger partial charge on any atom is -0.488 e. The molecule has 3 aliphatic heterocycles. The first kappa shape index (κ1) is 15.4. The van der Waals surface area contributed by atoms with Gasteiger partial charge in [0, 0.05) is 35.6 Å². The van der Waals surface area contributed by atoms with E-state index in [0.29, 0.717) is 12.0 Å². The molecular formula is C20H22N2O2S. The van der Waals surface area contributed by atoms with Gasteiger partial charge in [0.25, 0.3) is 5.91 Å². The third-order valence-corrected chi connectivity index (χ3v) is 7.18. The molecule has 0 aliphatic carbocycles. The molecule has 0 bridgehead atoms. The number of likely N-dealkylation sites (tertiary alicyclic amines) is 1. The number of piperidine rings is 1. The summed E-state index contributed by atoms with van der Waals surface area (Å²) in [6.07, 6.45) is 3.52. The van der Waals surface area contributed by atoms with Crippen LogP contribution in [-0.2, 0) is 6.61 Å². The topological polar surface area (TPSA) is 41.6 Å². The molecule has 3 aliphatic rings. The van der Waals surface area contributed by atoms with Gasteiger partial charge < -0.3 is 15.0 Å². The van der Waals surface area contributed by atoms with Crippen molar-refractivity contribution in [1.82, 2.24) is 10.2 Å². The molecule has 2 saturated heterocycles. The van der Waals surface area contributed by atoms with Gasteiger partial charge in [0.1, 0.15) is 12.4 Å². The van der Waals surface area contributed by atoms with Crippen LogP contribution in [-0.4, -0.2) is 37.0 Å². The van der Waals surface area contributed by atoms with Crippen molar-refractivity contribution in [2.24, 2.45) is 5.41 Å². The lowest BCUT2D eigenvalue weighted by Gasteiger charge is -2.38. The summed E-state index contributed by atoms with van der Waals surface area (Å²) < 4.78 is 5.83. The summed E-state index contributed by atoms with van der Waals surface area (Å²) in [5, 5.41) is 3.49. The number of para-hydroxylation sites is 1. The van der Waals surface area contributed by atoms with Gasteiger partial charge in [0.2, 0.25) is 0 Å². The molecule has 1 N–H and O–H groups in total. The zero-order chi connectivity index (χ0) is 16.9. The van der Waals surface area contributed by atoms with E-state index in [1.54, 1.807) is 11.3 Å². The van der Waals surface area contributed by atoms with Gasteiger partial charge in [-0.1, -0.05) is 12.1 Å². The zero-order valence-electron chi connectivity index (χ0n) is 14.2. The lowest BCUT2D eigenvalue weighted by molar-refractivity contribution is 0.0612. The van der Waals surface area contributed by atoms with E-state index in [9.17, 15) is 4.79 Å². The number of rotatable bonds is 1. The highest BCUT2D eigenvalue weighted by molar-refractivity contribution is 7.17. The monoisotopic (exact) mass is 354 g/mol. The van der Waals surface area contributed by atoms with Crippen LogP contribution in [0.4, 0.5) is 0 Å². The van der Waals surface area contributed by atoms with E-state index in [2.05, 4.69) is 11.4 Å². The van der Waals surface area contributed by atoms with Gasteiger partial charge in [-0.3, -0.25) is 4.79 Å². The third-order valence-electron chi connectivity index (χ3n) is 5.98. The summed E-state index contributed by atoms with van der Waals surface area (Å²) in [4.78, 5) is 17.1. The van der Waals surface area contributed by atoms with Crippen LogP contribution in [0.2, 0.25) is 0 Å². The average Bonchev–Trinajstić information content (AvgIpc) is 3.29. The Labute approximate surface area is 151 Å². The summed E-state index contributed by atoms with van der Waals surface area (Å²) in [6.45, 7) is 4.58. The second-order valence-corrected chi connectivity index (χ2v) is 8.52. The summed E-state index contributed by atoms with van der Waals surface area (Å²) in [5.74, 6) is 1.11. The Kier molecular flexibility index (Phi) is 3.61. The number of hydrogen-bond donors (Lipinski definition) is 1. The summed E-state index contributed by atoms with van der Waals surface area (Å²) in [7, 11) is 0. The van der Waals surface area contributed by atoms with E-state index in [4.69, 9.17) is 4.74 Å². The molecule has 0 saturated carbocycles. The number of benzene rings is 1. The van der Waals surface area contributed by atoms with E-state index in [1.165, 1.54) is 11.3 Å². The number of ether oxygens (including phenoxy) is 1. The highest BCUT2D eigenvalue weighted by atomic mass is 32.1.